The molecular formula is C27H24N4O4. The lowest BCUT2D eigenvalue weighted by Crippen LogP contribution is -2.14. The number of anilines is 2. The van der Waals surface area contributed by atoms with Gasteiger partial charge in [-0.1, -0.05) is 36.4 Å². The van der Waals surface area contributed by atoms with Crippen molar-refractivity contribution in [1.82, 2.24) is 9.78 Å². The van der Waals surface area contributed by atoms with Crippen molar-refractivity contribution in [1.29, 1.82) is 0 Å². The first kappa shape index (κ1) is 23.3. The smallest absolute Gasteiger partial charge is 0.255 e. The second-order valence-electron chi connectivity index (χ2n) is 7.45. The largest absolute Gasteiger partial charge is 0.494 e. The molecule has 0 saturated carbocycles. The minimum absolute atomic E-state index is 0.290. The van der Waals surface area contributed by atoms with Crippen molar-refractivity contribution >= 4 is 29.3 Å². The summed E-state index contributed by atoms with van der Waals surface area (Å²) in [6.07, 6.45) is 6.57. The SMILES string of the molecule is COc1cc(NC(=O)c2ccccc2)c(OC)cc1NC(=O)/C=C/c1cnn(-c2ccccc2)c1. The van der Waals surface area contributed by atoms with Gasteiger partial charge in [-0.2, -0.15) is 5.10 Å². The molecule has 0 aliphatic carbocycles. The molecule has 1 aromatic heterocycles. The maximum Gasteiger partial charge on any atom is 0.255 e. The van der Waals surface area contributed by atoms with Crippen molar-refractivity contribution in [2.24, 2.45) is 0 Å². The number of methoxy groups -OCH3 is 2. The lowest BCUT2D eigenvalue weighted by molar-refractivity contribution is -0.111. The number of carbonyl (C=O) groups excluding carboxylic acids is 2. The molecule has 4 rings (SSSR count). The molecule has 0 spiro atoms. The number of rotatable bonds is 8. The zero-order chi connectivity index (χ0) is 24.6. The van der Waals surface area contributed by atoms with Gasteiger partial charge in [0.2, 0.25) is 5.91 Å². The number of nitrogens with zero attached hydrogens (tertiary/aromatic N) is 2. The molecule has 176 valence electrons. The van der Waals surface area contributed by atoms with Gasteiger partial charge in [-0.3, -0.25) is 9.59 Å². The van der Waals surface area contributed by atoms with E-state index >= 15 is 0 Å². The predicted octanol–water partition coefficient (Wildman–Crippen LogP) is 4.79. The average Bonchev–Trinajstić information content (AvgIpc) is 3.38. The van der Waals surface area contributed by atoms with Gasteiger partial charge < -0.3 is 20.1 Å². The molecule has 0 atom stereocenters. The fourth-order valence-corrected chi connectivity index (χ4v) is 3.37. The summed E-state index contributed by atoms with van der Waals surface area (Å²) in [4.78, 5) is 25.2. The van der Waals surface area contributed by atoms with Gasteiger partial charge in [-0.25, -0.2) is 4.68 Å². The molecule has 8 heteroatoms. The van der Waals surface area contributed by atoms with Crippen molar-refractivity contribution < 1.29 is 19.1 Å². The van der Waals surface area contributed by atoms with Crippen LogP contribution in [-0.4, -0.2) is 35.8 Å². The van der Waals surface area contributed by atoms with E-state index in [1.54, 1.807) is 53.4 Å². The minimum atomic E-state index is -0.362. The van der Waals surface area contributed by atoms with Gasteiger partial charge in [-0.05, 0) is 30.3 Å². The van der Waals surface area contributed by atoms with Crippen molar-refractivity contribution in [3.8, 4) is 17.2 Å². The first-order valence-corrected chi connectivity index (χ1v) is 10.8. The quantitative estimate of drug-likeness (QED) is 0.363. The summed E-state index contributed by atoms with van der Waals surface area (Å²) in [7, 11) is 2.96. The molecule has 2 N–H and O–H groups in total. The third-order valence-corrected chi connectivity index (χ3v) is 5.11. The van der Waals surface area contributed by atoms with Gasteiger partial charge >= 0.3 is 0 Å². The molecule has 0 unspecified atom stereocenters. The van der Waals surface area contributed by atoms with Crippen LogP contribution in [0.2, 0.25) is 0 Å². The number of amides is 2. The van der Waals surface area contributed by atoms with Gasteiger partial charge in [0, 0.05) is 35.5 Å². The molecular weight excluding hydrogens is 444 g/mol. The van der Waals surface area contributed by atoms with E-state index < -0.39 is 0 Å². The zero-order valence-electron chi connectivity index (χ0n) is 19.3. The molecule has 3 aromatic carbocycles. The van der Waals surface area contributed by atoms with E-state index in [2.05, 4.69) is 15.7 Å². The third-order valence-electron chi connectivity index (χ3n) is 5.11. The second-order valence-corrected chi connectivity index (χ2v) is 7.45. The highest BCUT2D eigenvalue weighted by Gasteiger charge is 2.15. The number of hydrogen-bond acceptors (Lipinski definition) is 5. The standard InChI is InChI=1S/C27H24N4O4/c1-34-24-16-23(30-27(33)20-9-5-3-6-10-20)25(35-2)15-22(24)29-26(32)14-13-19-17-28-31(18-19)21-11-7-4-8-12-21/h3-18H,1-2H3,(H,29,32)(H,30,33)/b14-13+. The highest BCUT2D eigenvalue weighted by atomic mass is 16.5. The summed E-state index contributed by atoms with van der Waals surface area (Å²) in [5, 5.41) is 9.92. The Kier molecular flexibility index (Phi) is 7.22. The van der Waals surface area contributed by atoms with Gasteiger partial charge in [-0.15, -0.1) is 0 Å². The van der Waals surface area contributed by atoms with Crippen LogP contribution in [0.5, 0.6) is 11.5 Å². The van der Waals surface area contributed by atoms with Crippen LogP contribution in [0.1, 0.15) is 15.9 Å². The minimum Gasteiger partial charge on any atom is -0.494 e. The number of carbonyl (C=O) groups is 2. The summed E-state index contributed by atoms with van der Waals surface area (Å²) >= 11 is 0. The Bertz CT molecular complexity index is 1350. The van der Waals surface area contributed by atoms with Crippen molar-refractivity contribution in [3.63, 3.8) is 0 Å². The van der Waals surface area contributed by atoms with E-state index in [4.69, 9.17) is 9.47 Å². The van der Waals surface area contributed by atoms with E-state index in [0.29, 0.717) is 28.4 Å². The maximum atomic E-state index is 12.6. The Balaban J connectivity index is 1.48. The van der Waals surface area contributed by atoms with E-state index in [9.17, 15) is 9.59 Å². The molecule has 0 fully saturated rings. The van der Waals surface area contributed by atoms with E-state index in [-0.39, 0.29) is 11.8 Å². The van der Waals surface area contributed by atoms with Crippen LogP contribution in [0.3, 0.4) is 0 Å². The molecule has 1 heterocycles. The van der Waals surface area contributed by atoms with Gasteiger partial charge in [0.25, 0.3) is 5.91 Å². The Morgan fingerprint density at radius 3 is 2.09 bits per heavy atom. The molecule has 4 aromatic rings. The molecule has 2 amide bonds. The summed E-state index contributed by atoms with van der Waals surface area (Å²) in [6.45, 7) is 0. The lowest BCUT2D eigenvalue weighted by atomic mass is 10.2. The summed E-state index contributed by atoms with van der Waals surface area (Å²) < 4.78 is 12.6. The van der Waals surface area contributed by atoms with Crippen molar-refractivity contribution in [2.75, 3.05) is 24.9 Å². The molecule has 0 radical (unpaired) electrons. The molecule has 8 nitrogen and oxygen atoms in total. The van der Waals surface area contributed by atoms with E-state index in [1.165, 1.54) is 20.3 Å². The van der Waals surface area contributed by atoms with Crippen LogP contribution < -0.4 is 20.1 Å². The molecule has 0 aliphatic heterocycles. The van der Waals surface area contributed by atoms with Crippen molar-refractivity contribution in [2.45, 2.75) is 0 Å². The number of para-hydroxylation sites is 1. The van der Waals surface area contributed by atoms with E-state index in [1.807, 2.05) is 42.6 Å². The Hall–Kier alpha value is -4.85. The van der Waals surface area contributed by atoms with Gasteiger partial charge in [0.05, 0.1) is 37.5 Å². The number of ether oxygens (including phenoxy) is 2. The first-order valence-electron chi connectivity index (χ1n) is 10.8. The summed E-state index contributed by atoms with van der Waals surface area (Å²) in [5.41, 5.74) is 3.02. The highest BCUT2D eigenvalue weighted by Crippen LogP contribution is 2.36. The Labute approximate surface area is 202 Å². The number of aromatic nitrogens is 2. The number of nitrogens with one attached hydrogen (secondary N) is 2. The molecule has 35 heavy (non-hydrogen) atoms. The third kappa shape index (κ3) is 5.75. The second kappa shape index (κ2) is 10.8. The molecule has 0 bridgehead atoms. The number of hydrogen-bond donors (Lipinski definition) is 2. The zero-order valence-corrected chi connectivity index (χ0v) is 19.3. The van der Waals surface area contributed by atoms with Crippen LogP contribution in [0.15, 0.2) is 91.3 Å². The van der Waals surface area contributed by atoms with Crippen LogP contribution >= 0.6 is 0 Å². The van der Waals surface area contributed by atoms with Gasteiger partial charge in [0.15, 0.2) is 0 Å². The summed E-state index contributed by atoms with van der Waals surface area (Å²) in [6, 6.07) is 21.7. The fraction of sp³-hybridized carbons (Fsp3) is 0.0741. The van der Waals surface area contributed by atoms with Crippen molar-refractivity contribution in [3.05, 3.63) is 102 Å². The average molecular weight is 469 g/mol. The monoisotopic (exact) mass is 468 g/mol. The number of benzene rings is 3. The normalized spacial score (nSPS) is 10.7. The lowest BCUT2D eigenvalue weighted by Gasteiger charge is -2.16. The van der Waals surface area contributed by atoms with E-state index in [0.717, 1.165) is 11.3 Å². The summed E-state index contributed by atoms with van der Waals surface area (Å²) in [5.74, 6) is 0.0897. The van der Waals surface area contributed by atoms with Crippen LogP contribution in [0.25, 0.3) is 11.8 Å². The molecule has 0 aliphatic rings. The fourth-order valence-electron chi connectivity index (χ4n) is 3.37. The van der Waals surface area contributed by atoms with Crippen LogP contribution in [0, 0.1) is 0 Å². The maximum absolute atomic E-state index is 12.6. The Morgan fingerprint density at radius 1 is 0.857 bits per heavy atom. The van der Waals surface area contributed by atoms with Gasteiger partial charge in [0.1, 0.15) is 11.5 Å². The topological polar surface area (TPSA) is 94.5 Å². The first-order chi connectivity index (χ1) is 17.1. The Morgan fingerprint density at radius 2 is 1.46 bits per heavy atom. The predicted molar refractivity (Wildman–Crippen MR) is 135 cm³/mol. The van der Waals surface area contributed by atoms with Crippen LogP contribution in [-0.2, 0) is 4.79 Å². The van der Waals surface area contributed by atoms with Crippen LogP contribution in [0.4, 0.5) is 11.4 Å². The highest BCUT2D eigenvalue weighted by molar-refractivity contribution is 6.06. The molecule has 0 saturated heterocycles.